The van der Waals surface area contributed by atoms with Gasteiger partial charge in [-0.2, -0.15) is 0 Å². The molecule has 5 aromatic carbocycles. The van der Waals surface area contributed by atoms with Crippen molar-refractivity contribution >= 4 is 21.5 Å². The molecule has 0 saturated heterocycles. The Hall–Kier alpha value is -5.08. The van der Waals surface area contributed by atoms with Crippen LogP contribution in [-0.4, -0.2) is 9.97 Å². The standard InChI is InChI=1S/C36H24N2/c1-3-13-30-26(9-1)11-7-15-32(30)35-23-29(25-18-20-28(21-19-25)34-17-5-6-22-37-34)24-36(38-35)33-16-8-12-27-10-2-4-14-31(27)33/h1-24H. The van der Waals surface area contributed by atoms with E-state index in [9.17, 15) is 0 Å². The fourth-order valence-corrected chi connectivity index (χ4v) is 5.24. The summed E-state index contributed by atoms with van der Waals surface area (Å²) in [5.41, 5.74) is 8.57. The highest BCUT2D eigenvalue weighted by Crippen LogP contribution is 2.36. The van der Waals surface area contributed by atoms with E-state index in [0.29, 0.717) is 0 Å². The predicted octanol–water partition coefficient (Wildman–Crippen LogP) is 9.45. The van der Waals surface area contributed by atoms with Crippen LogP contribution in [0.25, 0.3) is 66.4 Å². The first-order valence-corrected chi connectivity index (χ1v) is 12.8. The molecule has 2 heterocycles. The molecule has 2 aromatic heterocycles. The van der Waals surface area contributed by atoms with Crippen molar-refractivity contribution in [2.45, 2.75) is 0 Å². The van der Waals surface area contributed by atoms with E-state index in [1.165, 1.54) is 21.5 Å². The average molecular weight is 485 g/mol. The largest absolute Gasteiger partial charge is 0.256 e. The summed E-state index contributed by atoms with van der Waals surface area (Å²) in [5.74, 6) is 0. The maximum absolute atomic E-state index is 5.25. The second-order valence-electron chi connectivity index (χ2n) is 9.47. The summed E-state index contributed by atoms with van der Waals surface area (Å²) in [6.45, 7) is 0. The molecule has 2 nitrogen and oxygen atoms in total. The van der Waals surface area contributed by atoms with Crippen LogP contribution in [-0.2, 0) is 0 Å². The van der Waals surface area contributed by atoms with Crippen molar-refractivity contribution < 1.29 is 0 Å². The molecule has 0 spiro atoms. The van der Waals surface area contributed by atoms with E-state index < -0.39 is 0 Å². The van der Waals surface area contributed by atoms with Crippen LogP contribution in [0.15, 0.2) is 146 Å². The van der Waals surface area contributed by atoms with Gasteiger partial charge >= 0.3 is 0 Å². The first kappa shape index (κ1) is 22.1. The number of aromatic nitrogens is 2. The van der Waals surface area contributed by atoms with Crippen molar-refractivity contribution in [2.75, 3.05) is 0 Å². The Morgan fingerprint density at radius 1 is 0.368 bits per heavy atom. The SMILES string of the molecule is c1ccc(-c2ccc(-c3cc(-c4cccc5ccccc45)nc(-c4cccc5ccccc45)c3)cc2)nc1. The minimum atomic E-state index is 0.969. The molecule has 7 aromatic rings. The van der Waals surface area contributed by atoms with Crippen molar-refractivity contribution in [3.05, 3.63) is 146 Å². The Labute approximate surface area is 221 Å². The summed E-state index contributed by atoms with van der Waals surface area (Å²) in [6, 6.07) is 49.0. The third-order valence-corrected chi connectivity index (χ3v) is 7.14. The van der Waals surface area contributed by atoms with E-state index in [0.717, 1.165) is 44.9 Å². The third kappa shape index (κ3) is 4.03. The highest BCUT2D eigenvalue weighted by atomic mass is 14.7. The summed E-state index contributed by atoms with van der Waals surface area (Å²) in [7, 11) is 0. The molecular formula is C36H24N2. The van der Waals surface area contributed by atoms with Gasteiger partial charge in [-0.15, -0.1) is 0 Å². The van der Waals surface area contributed by atoms with Crippen LogP contribution < -0.4 is 0 Å². The van der Waals surface area contributed by atoms with E-state index in [1.54, 1.807) is 0 Å². The van der Waals surface area contributed by atoms with Crippen LogP contribution in [0.4, 0.5) is 0 Å². The minimum absolute atomic E-state index is 0.969. The monoisotopic (exact) mass is 484 g/mol. The van der Waals surface area contributed by atoms with Gasteiger partial charge in [0.1, 0.15) is 0 Å². The zero-order chi connectivity index (χ0) is 25.3. The van der Waals surface area contributed by atoms with Gasteiger partial charge in [0.15, 0.2) is 0 Å². The summed E-state index contributed by atoms with van der Waals surface area (Å²) < 4.78 is 0. The second-order valence-corrected chi connectivity index (χ2v) is 9.47. The summed E-state index contributed by atoms with van der Waals surface area (Å²) in [4.78, 5) is 9.76. The summed E-state index contributed by atoms with van der Waals surface area (Å²) in [5, 5.41) is 4.83. The van der Waals surface area contributed by atoms with Crippen molar-refractivity contribution in [3.63, 3.8) is 0 Å². The number of benzene rings is 5. The molecule has 0 fully saturated rings. The van der Waals surface area contributed by atoms with Crippen molar-refractivity contribution in [1.29, 1.82) is 0 Å². The Morgan fingerprint density at radius 2 is 0.895 bits per heavy atom. The molecule has 0 unspecified atom stereocenters. The Bertz CT molecular complexity index is 1800. The molecule has 0 radical (unpaired) electrons. The second kappa shape index (κ2) is 9.42. The fraction of sp³-hybridized carbons (Fsp3) is 0. The smallest absolute Gasteiger partial charge is 0.0721 e. The van der Waals surface area contributed by atoms with Gasteiger partial charge < -0.3 is 0 Å². The molecule has 0 amide bonds. The molecule has 7 rings (SSSR count). The molecule has 0 aliphatic heterocycles. The lowest BCUT2D eigenvalue weighted by Crippen LogP contribution is -1.93. The van der Waals surface area contributed by atoms with E-state index in [-0.39, 0.29) is 0 Å². The van der Waals surface area contributed by atoms with Gasteiger partial charge in [-0.25, -0.2) is 4.98 Å². The van der Waals surface area contributed by atoms with E-state index in [2.05, 4.69) is 126 Å². The Kier molecular flexibility index (Phi) is 5.49. The molecule has 0 aliphatic carbocycles. The quantitative estimate of drug-likeness (QED) is 0.249. The zero-order valence-corrected chi connectivity index (χ0v) is 20.8. The zero-order valence-electron chi connectivity index (χ0n) is 20.8. The van der Waals surface area contributed by atoms with Crippen LogP contribution in [0.3, 0.4) is 0 Å². The number of nitrogens with zero attached hydrogens (tertiary/aromatic N) is 2. The number of hydrogen-bond donors (Lipinski definition) is 0. The molecule has 0 N–H and O–H groups in total. The van der Waals surface area contributed by atoms with Gasteiger partial charge in [0, 0.05) is 22.9 Å². The molecule has 0 bridgehead atoms. The Morgan fingerprint density at radius 3 is 1.47 bits per heavy atom. The van der Waals surface area contributed by atoms with Crippen LogP contribution in [0.2, 0.25) is 0 Å². The summed E-state index contributed by atoms with van der Waals surface area (Å²) >= 11 is 0. The highest BCUT2D eigenvalue weighted by Gasteiger charge is 2.13. The third-order valence-electron chi connectivity index (χ3n) is 7.14. The van der Waals surface area contributed by atoms with E-state index in [1.807, 2.05) is 24.4 Å². The van der Waals surface area contributed by atoms with Gasteiger partial charge in [-0.05, 0) is 56.9 Å². The Balaban J connectivity index is 1.44. The van der Waals surface area contributed by atoms with E-state index >= 15 is 0 Å². The lowest BCUT2D eigenvalue weighted by atomic mass is 9.95. The molecule has 0 aliphatic rings. The average Bonchev–Trinajstić information content (AvgIpc) is 3.01. The highest BCUT2D eigenvalue weighted by molar-refractivity contribution is 5.99. The first-order valence-electron chi connectivity index (χ1n) is 12.8. The number of hydrogen-bond acceptors (Lipinski definition) is 2. The fourth-order valence-electron chi connectivity index (χ4n) is 5.24. The number of pyridine rings is 2. The normalized spacial score (nSPS) is 11.2. The van der Waals surface area contributed by atoms with Crippen molar-refractivity contribution in [2.24, 2.45) is 0 Å². The van der Waals surface area contributed by atoms with Gasteiger partial charge in [0.05, 0.1) is 17.1 Å². The van der Waals surface area contributed by atoms with E-state index in [4.69, 9.17) is 4.98 Å². The van der Waals surface area contributed by atoms with Crippen LogP contribution in [0, 0.1) is 0 Å². The molecule has 178 valence electrons. The molecule has 0 saturated carbocycles. The topological polar surface area (TPSA) is 25.8 Å². The van der Waals surface area contributed by atoms with Gasteiger partial charge in [0.25, 0.3) is 0 Å². The van der Waals surface area contributed by atoms with Gasteiger partial charge in [0.2, 0.25) is 0 Å². The van der Waals surface area contributed by atoms with Crippen LogP contribution in [0.1, 0.15) is 0 Å². The molecule has 0 atom stereocenters. The van der Waals surface area contributed by atoms with Gasteiger partial charge in [-0.1, -0.05) is 115 Å². The van der Waals surface area contributed by atoms with Gasteiger partial charge in [-0.3, -0.25) is 4.98 Å². The van der Waals surface area contributed by atoms with Crippen molar-refractivity contribution in [3.8, 4) is 44.9 Å². The maximum atomic E-state index is 5.25. The maximum Gasteiger partial charge on any atom is 0.0721 e. The number of rotatable bonds is 4. The molecule has 2 heteroatoms. The molecule has 38 heavy (non-hydrogen) atoms. The lowest BCUT2D eigenvalue weighted by Gasteiger charge is -2.13. The van der Waals surface area contributed by atoms with Crippen molar-refractivity contribution in [1.82, 2.24) is 9.97 Å². The van der Waals surface area contributed by atoms with Crippen LogP contribution >= 0.6 is 0 Å². The molecular weight excluding hydrogens is 460 g/mol. The predicted molar refractivity (Wildman–Crippen MR) is 159 cm³/mol. The van der Waals surface area contributed by atoms with Crippen LogP contribution in [0.5, 0.6) is 0 Å². The number of fused-ring (bicyclic) bond motifs is 2. The minimum Gasteiger partial charge on any atom is -0.256 e. The lowest BCUT2D eigenvalue weighted by molar-refractivity contribution is 1.32. The first-order chi connectivity index (χ1) is 18.8. The summed E-state index contributed by atoms with van der Waals surface area (Å²) in [6.07, 6.45) is 1.83.